The second-order valence-electron chi connectivity index (χ2n) is 9.13. The third kappa shape index (κ3) is 9.88. The van der Waals surface area contributed by atoms with Crippen molar-refractivity contribution in [3.05, 3.63) is 35.4 Å². The first-order chi connectivity index (χ1) is 16.5. The van der Waals surface area contributed by atoms with Gasteiger partial charge in [0.25, 0.3) is 0 Å². The molecule has 0 radical (unpaired) electrons. The van der Waals surface area contributed by atoms with Crippen LogP contribution in [0.25, 0.3) is 0 Å². The molecule has 2 rings (SSSR count). The van der Waals surface area contributed by atoms with E-state index in [2.05, 4.69) is 17.7 Å². The zero-order valence-electron chi connectivity index (χ0n) is 20.6. The first kappa shape index (κ1) is 28.5. The lowest BCUT2D eigenvalue weighted by Gasteiger charge is -2.22. The number of esters is 1. The van der Waals surface area contributed by atoms with Gasteiger partial charge in [-0.3, -0.25) is 9.59 Å². The molecular weight excluding hydrogens is 452 g/mol. The average molecular weight is 493 g/mol. The molecule has 6 nitrogen and oxygen atoms in total. The molecule has 0 heterocycles. The molecule has 1 aliphatic carbocycles. The SMILES string of the molecule is CCCOCc1cccc(C[C@H](O)CC[C@H]2[C@H](C=O)CC(=O)[C@@H]2CCSCCCC(=O)OC)c1. The van der Waals surface area contributed by atoms with Crippen LogP contribution in [-0.4, -0.2) is 54.5 Å². The minimum Gasteiger partial charge on any atom is -0.469 e. The number of benzene rings is 1. The number of hydrogen-bond acceptors (Lipinski definition) is 7. The van der Waals surface area contributed by atoms with Crippen LogP contribution in [0.3, 0.4) is 0 Å². The van der Waals surface area contributed by atoms with E-state index in [0.717, 1.165) is 54.8 Å². The summed E-state index contributed by atoms with van der Waals surface area (Å²) < 4.78 is 10.3. The van der Waals surface area contributed by atoms with Gasteiger partial charge in [-0.05, 0) is 67.1 Å². The van der Waals surface area contributed by atoms with Crippen molar-refractivity contribution in [2.45, 2.75) is 71.0 Å². The molecule has 1 saturated carbocycles. The van der Waals surface area contributed by atoms with Gasteiger partial charge in [0.05, 0.1) is 19.8 Å². The number of hydrogen-bond donors (Lipinski definition) is 1. The summed E-state index contributed by atoms with van der Waals surface area (Å²) >= 11 is 1.73. The number of carbonyl (C=O) groups excluding carboxylic acids is 3. The molecule has 1 aromatic rings. The van der Waals surface area contributed by atoms with Crippen LogP contribution in [0, 0.1) is 17.8 Å². The predicted molar refractivity (Wildman–Crippen MR) is 135 cm³/mol. The Bertz CT molecular complexity index is 767. The molecule has 0 unspecified atom stereocenters. The third-order valence-electron chi connectivity index (χ3n) is 6.48. The van der Waals surface area contributed by atoms with E-state index in [4.69, 9.17) is 4.74 Å². The predicted octanol–water partition coefficient (Wildman–Crippen LogP) is 4.39. The molecule has 1 aromatic carbocycles. The number of Topliss-reactive ketones (excluding diaryl/α,β-unsaturated/α-hetero) is 1. The van der Waals surface area contributed by atoms with E-state index in [-0.39, 0.29) is 29.5 Å². The van der Waals surface area contributed by atoms with Crippen molar-refractivity contribution in [1.29, 1.82) is 0 Å². The Kier molecular flexibility index (Phi) is 13.5. The summed E-state index contributed by atoms with van der Waals surface area (Å²) in [4.78, 5) is 35.4. The van der Waals surface area contributed by atoms with Crippen molar-refractivity contribution in [2.75, 3.05) is 25.2 Å². The van der Waals surface area contributed by atoms with Gasteiger partial charge in [-0.15, -0.1) is 0 Å². The number of carbonyl (C=O) groups is 3. The number of aliphatic hydroxyl groups excluding tert-OH is 1. The lowest BCUT2D eigenvalue weighted by molar-refractivity contribution is -0.140. The van der Waals surface area contributed by atoms with E-state index in [0.29, 0.717) is 38.7 Å². The molecule has 0 amide bonds. The summed E-state index contributed by atoms with van der Waals surface area (Å²) in [5.41, 5.74) is 2.17. The van der Waals surface area contributed by atoms with Crippen molar-refractivity contribution < 1.29 is 29.0 Å². The Morgan fingerprint density at radius 2 is 2.06 bits per heavy atom. The van der Waals surface area contributed by atoms with Gasteiger partial charge in [-0.2, -0.15) is 11.8 Å². The van der Waals surface area contributed by atoms with Gasteiger partial charge in [-0.25, -0.2) is 0 Å². The molecule has 34 heavy (non-hydrogen) atoms. The zero-order chi connectivity index (χ0) is 24.8. The fourth-order valence-corrected chi connectivity index (χ4v) is 5.66. The van der Waals surface area contributed by atoms with Crippen LogP contribution in [-0.2, 0) is 36.9 Å². The number of thioether (sulfide) groups is 1. The highest BCUT2D eigenvalue weighted by Gasteiger charge is 2.41. The van der Waals surface area contributed by atoms with Crippen LogP contribution in [0.4, 0.5) is 0 Å². The average Bonchev–Trinajstić information content (AvgIpc) is 3.14. The van der Waals surface area contributed by atoms with Crippen LogP contribution in [0.15, 0.2) is 24.3 Å². The van der Waals surface area contributed by atoms with Crippen molar-refractivity contribution in [3.8, 4) is 0 Å². The standard InChI is InChI=1S/C27H40O6S/c1-3-12-33-19-21-7-4-6-20(15-21)16-23(29)9-10-24-22(18-28)17-26(30)25(24)11-14-34-13-5-8-27(31)32-2/h4,6-7,15,18,22-25,29H,3,5,8-14,16-17,19H2,1-2H3/t22-,23+,24-,25+/m0/s1. The molecule has 0 aromatic heterocycles. The quantitative estimate of drug-likeness (QED) is 0.196. The van der Waals surface area contributed by atoms with E-state index in [1.807, 2.05) is 18.2 Å². The molecule has 1 N–H and O–H groups in total. The van der Waals surface area contributed by atoms with Gasteiger partial charge in [0, 0.05) is 31.3 Å². The van der Waals surface area contributed by atoms with Crippen LogP contribution >= 0.6 is 11.8 Å². The second kappa shape index (κ2) is 16.1. The third-order valence-corrected chi connectivity index (χ3v) is 7.58. The monoisotopic (exact) mass is 492 g/mol. The van der Waals surface area contributed by atoms with Gasteiger partial charge in [0.15, 0.2) is 0 Å². The first-order valence-electron chi connectivity index (χ1n) is 12.4. The van der Waals surface area contributed by atoms with E-state index in [1.54, 1.807) is 11.8 Å². The van der Waals surface area contributed by atoms with Crippen LogP contribution in [0.2, 0.25) is 0 Å². The maximum absolute atomic E-state index is 12.6. The summed E-state index contributed by atoms with van der Waals surface area (Å²) in [7, 11) is 1.39. The number of rotatable bonds is 17. The van der Waals surface area contributed by atoms with Crippen molar-refractivity contribution >= 4 is 29.8 Å². The second-order valence-corrected chi connectivity index (χ2v) is 10.4. The Morgan fingerprint density at radius 1 is 1.26 bits per heavy atom. The van der Waals surface area contributed by atoms with Gasteiger partial charge in [0.1, 0.15) is 12.1 Å². The van der Waals surface area contributed by atoms with E-state index >= 15 is 0 Å². The molecule has 0 saturated heterocycles. The number of methoxy groups -OCH3 is 1. The number of ether oxygens (including phenoxy) is 2. The highest BCUT2D eigenvalue weighted by Crippen LogP contribution is 2.39. The largest absolute Gasteiger partial charge is 0.469 e. The van der Waals surface area contributed by atoms with Gasteiger partial charge >= 0.3 is 5.97 Å². The van der Waals surface area contributed by atoms with Gasteiger partial charge < -0.3 is 19.4 Å². The molecule has 0 spiro atoms. The van der Waals surface area contributed by atoms with Gasteiger partial charge in [0.2, 0.25) is 0 Å². The maximum Gasteiger partial charge on any atom is 0.305 e. The van der Waals surface area contributed by atoms with Crippen LogP contribution in [0.1, 0.15) is 63.0 Å². The molecule has 7 heteroatoms. The Labute approximate surface area is 208 Å². The van der Waals surface area contributed by atoms with E-state index in [9.17, 15) is 19.5 Å². The highest BCUT2D eigenvalue weighted by atomic mass is 32.2. The summed E-state index contributed by atoms with van der Waals surface area (Å²) in [6, 6.07) is 8.11. The molecule has 0 aliphatic heterocycles. The summed E-state index contributed by atoms with van der Waals surface area (Å²) in [5.74, 6) is 1.29. The van der Waals surface area contributed by atoms with Crippen molar-refractivity contribution in [2.24, 2.45) is 17.8 Å². The zero-order valence-corrected chi connectivity index (χ0v) is 21.4. The summed E-state index contributed by atoms with van der Waals surface area (Å²) in [6.45, 7) is 3.39. The summed E-state index contributed by atoms with van der Waals surface area (Å²) in [6.07, 6.45) is 5.43. The van der Waals surface area contributed by atoms with Crippen molar-refractivity contribution in [1.82, 2.24) is 0 Å². The van der Waals surface area contributed by atoms with E-state index < -0.39 is 6.10 Å². The normalized spacial score (nSPS) is 20.9. The molecular formula is C27H40O6S. The first-order valence-corrected chi connectivity index (χ1v) is 13.6. The number of ketones is 1. The highest BCUT2D eigenvalue weighted by molar-refractivity contribution is 7.99. The fraction of sp³-hybridized carbons (Fsp3) is 0.667. The molecule has 1 fully saturated rings. The topological polar surface area (TPSA) is 89.9 Å². The molecule has 1 aliphatic rings. The Morgan fingerprint density at radius 3 is 2.79 bits per heavy atom. The van der Waals surface area contributed by atoms with Crippen LogP contribution in [0.5, 0.6) is 0 Å². The molecule has 0 bridgehead atoms. The summed E-state index contributed by atoms with van der Waals surface area (Å²) in [5, 5.41) is 10.7. The molecule has 190 valence electrons. The van der Waals surface area contributed by atoms with E-state index in [1.165, 1.54) is 7.11 Å². The fourth-order valence-electron chi connectivity index (χ4n) is 4.68. The lowest BCUT2D eigenvalue weighted by atomic mass is 9.83. The van der Waals surface area contributed by atoms with Crippen molar-refractivity contribution in [3.63, 3.8) is 0 Å². The smallest absolute Gasteiger partial charge is 0.305 e. The van der Waals surface area contributed by atoms with Crippen LogP contribution < -0.4 is 0 Å². The Hall–Kier alpha value is -1.70. The lowest BCUT2D eigenvalue weighted by Crippen LogP contribution is -2.22. The number of aldehydes is 1. The van der Waals surface area contributed by atoms with Gasteiger partial charge in [-0.1, -0.05) is 31.2 Å². The Balaban J connectivity index is 1.80. The minimum atomic E-state index is -0.511. The minimum absolute atomic E-state index is 0.00379. The number of aliphatic hydroxyl groups is 1. The maximum atomic E-state index is 12.6. The molecule has 4 atom stereocenters.